The summed E-state index contributed by atoms with van der Waals surface area (Å²) >= 11 is 0. The molecule has 0 radical (unpaired) electrons. The molecule has 198 valence electrons. The van der Waals surface area contributed by atoms with E-state index in [0.717, 1.165) is 54.5 Å². The van der Waals surface area contributed by atoms with Crippen LogP contribution in [0.1, 0.15) is 85.1 Å². The fourth-order valence-electron chi connectivity index (χ4n) is 4.55. The summed E-state index contributed by atoms with van der Waals surface area (Å²) < 4.78 is 16.9. The van der Waals surface area contributed by atoms with Crippen molar-refractivity contribution in [3.8, 4) is 17.1 Å². The minimum atomic E-state index is -0.594. The third kappa shape index (κ3) is 7.08. The number of benzene rings is 2. The van der Waals surface area contributed by atoms with Crippen molar-refractivity contribution in [1.82, 2.24) is 15.0 Å². The maximum absolute atomic E-state index is 12.2. The van der Waals surface area contributed by atoms with Gasteiger partial charge in [0, 0.05) is 12.1 Å². The first kappa shape index (κ1) is 26.6. The van der Waals surface area contributed by atoms with Gasteiger partial charge in [0.15, 0.2) is 0 Å². The summed E-state index contributed by atoms with van der Waals surface area (Å²) in [5.41, 5.74) is 0.300. The highest BCUT2D eigenvalue weighted by atomic mass is 16.6. The van der Waals surface area contributed by atoms with E-state index >= 15 is 0 Å². The number of fused-ring (bicyclic) bond motifs is 1. The van der Waals surface area contributed by atoms with Gasteiger partial charge in [0.1, 0.15) is 23.2 Å². The van der Waals surface area contributed by atoms with Crippen LogP contribution in [-0.4, -0.2) is 45.7 Å². The molecule has 8 nitrogen and oxygen atoms in total. The first-order valence-electron chi connectivity index (χ1n) is 13.3. The Balaban J connectivity index is 1.44. The number of carbonyl (C=O) groups excluding carboxylic acids is 1. The Labute approximate surface area is 219 Å². The number of aliphatic imine (C=N–C) groups is 1. The summed E-state index contributed by atoms with van der Waals surface area (Å²) in [5, 5.41) is 6.45. The molecule has 3 aromatic rings. The average Bonchev–Trinajstić information content (AvgIpc) is 3.52. The molecule has 1 aliphatic rings. The lowest BCUT2D eigenvalue weighted by molar-refractivity contribution is 0.0601. The lowest BCUT2D eigenvalue weighted by Gasteiger charge is -2.24. The summed E-state index contributed by atoms with van der Waals surface area (Å²) in [6.07, 6.45) is 5.96. The highest BCUT2D eigenvalue weighted by Gasteiger charge is 2.32. The molecule has 1 fully saturated rings. The summed E-state index contributed by atoms with van der Waals surface area (Å²) in [4.78, 5) is 23.1. The van der Waals surface area contributed by atoms with Gasteiger partial charge in [0.05, 0.1) is 6.61 Å². The Morgan fingerprint density at radius 3 is 2.70 bits per heavy atom. The standard InChI is InChI=1S/C29H38N4O4/c1-6-7-8-9-17-35-24-15-14-21-18-23(13-12-22(21)19-24)26-31-27(37-32-26)25-11-10-16-33(25)20(2)30-28(34)36-29(3,4)5/h12-15,18-19,25H,6-11,16-17H2,1-5H3/b30-20+/t25-/m0/s1. The first-order chi connectivity index (χ1) is 17.7. The van der Waals surface area contributed by atoms with Gasteiger partial charge in [-0.05, 0) is 75.9 Å². The topological polar surface area (TPSA) is 90.1 Å². The number of unbranched alkanes of at least 4 members (excludes halogenated alkanes) is 3. The molecule has 0 unspecified atom stereocenters. The van der Waals surface area contributed by atoms with Gasteiger partial charge in [-0.1, -0.05) is 49.5 Å². The van der Waals surface area contributed by atoms with E-state index in [1.807, 2.05) is 44.7 Å². The number of nitrogens with zero attached hydrogens (tertiary/aromatic N) is 4. The number of aromatic nitrogens is 2. The minimum absolute atomic E-state index is 0.120. The van der Waals surface area contributed by atoms with E-state index in [4.69, 9.17) is 19.0 Å². The predicted molar refractivity (Wildman–Crippen MR) is 145 cm³/mol. The molecule has 1 atom stereocenters. The highest BCUT2D eigenvalue weighted by molar-refractivity contribution is 5.90. The van der Waals surface area contributed by atoms with Crippen LogP contribution >= 0.6 is 0 Å². The second kappa shape index (κ2) is 11.8. The Kier molecular flexibility index (Phi) is 8.46. The van der Waals surface area contributed by atoms with Crippen LogP contribution in [0.3, 0.4) is 0 Å². The smallest absolute Gasteiger partial charge is 0.435 e. The second-order valence-corrected chi connectivity index (χ2v) is 10.6. The third-order valence-corrected chi connectivity index (χ3v) is 6.38. The number of likely N-dealkylation sites (tertiary alicyclic amines) is 1. The summed E-state index contributed by atoms with van der Waals surface area (Å²) in [5.74, 6) is 2.55. The molecule has 2 heterocycles. The molecule has 0 saturated carbocycles. The Morgan fingerprint density at radius 1 is 1.14 bits per heavy atom. The third-order valence-electron chi connectivity index (χ3n) is 6.38. The van der Waals surface area contributed by atoms with Crippen LogP contribution in [0.4, 0.5) is 4.79 Å². The number of amidine groups is 1. The number of carbonyl (C=O) groups is 1. The molecule has 1 aromatic heterocycles. The maximum atomic E-state index is 12.2. The Morgan fingerprint density at radius 2 is 1.92 bits per heavy atom. The van der Waals surface area contributed by atoms with Gasteiger partial charge < -0.3 is 18.9 Å². The van der Waals surface area contributed by atoms with Gasteiger partial charge in [-0.25, -0.2) is 4.79 Å². The van der Waals surface area contributed by atoms with E-state index < -0.39 is 11.7 Å². The zero-order chi connectivity index (χ0) is 26.4. The normalized spacial score (nSPS) is 16.4. The molecule has 37 heavy (non-hydrogen) atoms. The van der Waals surface area contributed by atoms with Gasteiger partial charge in [-0.15, -0.1) is 0 Å². The summed E-state index contributed by atoms with van der Waals surface area (Å²) in [7, 11) is 0. The molecule has 0 spiro atoms. The van der Waals surface area contributed by atoms with Crippen molar-refractivity contribution < 1.29 is 18.8 Å². The molecular weight excluding hydrogens is 468 g/mol. The molecule has 2 aromatic carbocycles. The van der Waals surface area contributed by atoms with Gasteiger partial charge >= 0.3 is 6.09 Å². The van der Waals surface area contributed by atoms with Crippen LogP contribution in [0.5, 0.6) is 5.75 Å². The molecule has 4 rings (SSSR count). The van der Waals surface area contributed by atoms with Crippen LogP contribution in [0.25, 0.3) is 22.2 Å². The monoisotopic (exact) mass is 506 g/mol. The van der Waals surface area contributed by atoms with E-state index in [1.54, 1.807) is 0 Å². The molecule has 1 saturated heterocycles. The number of hydrogen-bond acceptors (Lipinski definition) is 6. The van der Waals surface area contributed by atoms with Gasteiger partial charge in [0.25, 0.3) is 0 Å². The van der Waals surface area contributed by atoms with Gasteiger partial charge in [0.2, 0.25) is 11.7 Å². The van der Waals surface area contributed by atoms with Crippen LogP contribution < -0.4 is 4.74 Å². The van der Waals surface area contributed by atoms with Crippen molar-refractivity contribution in [3.63, 3.8) is 0 Å². The zero-order valence-electron chi connectivity index (χ0n) is 22.6. The molecule has 8 heteroatoms. The van der Waals surface area contributed by atoms with Gasteiger partial charge in [-0.3, -0.25) is 0 Å². The number of rotatable bonds is 8. The number of hydrogen-bond donors (Lipinski definition) is 0. The predicted octanol–water partition coefficient (Wildman–Crippen LogP) is 7.34. The van der Waals surface area contributed by atoms with E-state index in [1.165, 1.54) is 19.3 Å². The van der Waals surface area contributed by atoms with Crippen LogP contribution in [0, 0.1) is 0 Å². The van der Waals surface area contributed by atoms with Crippen molar-refractivity contribution in [2.75, 3.05) is 13.2 Å². The molecule has 1 amide bonds. The minimum Gasteiger partial charge on any atom is -0.494 e. The van der Waals surface area contributed by atoms with Crippen molar-refractivity contribution in [3.05, 3.63) is 42.3 Å². The maximum Gasteiger partial charge on any atom is 0.435 e. The molecule has 0 aliphatic carbocycles. The van der Waals surface area contributed by atoms with Crippen LogP contribution in [0.2, 0.25) is 0 Å². The molecule has 1 aliphatic heterocycles. The quantitative estimate of drug-likeness (QED) is 0.179. The van der Waals surface area contributed by atoms with Gasteiger partial charge in [-0.2, -0.15) is 9.98 Å². The lowest BCUT2D eigenvalue weighted by atomic mass is 10.1. The lowest BCUT2D eigenvalue weighted by Crippen LogP contribution is -2.30. The fraction of sp³-hybridized carbons (Fsp3) is 0.517. The van der Waals surface area contributed by atoms with Crippen molar-refractivity contribution >= 4 is 22.7 Å². The SMILES string of the molecule is CCCCCCOc1ccc2cc(-c3noc([C@@H]4CCCN4/C(C)=N/C(=O)OC(C)(C)C)n3)ccc2c1. The number of ether oxygens (including phenoxy) is 2. The largest absolute Gasteiger partial charge is 0.494 e. The molecular formula is C29H38N4O4. The number of amides is 1. The highest BCUT2D eigenvalue weighted by Crippen LogP contribution is 2.33. The molecule has 0 N–H and O–H groups in total. The van der Waals surface area contributed by atoms with Crippen molar-refractivity contribution in [2.24, 2.45) is 4.99 Å². The Bertz CT molecular complexity index is 1240. The molecule has 0 bridgehead atoms. The average molecular weight is 507 g/mol. The van der Waals surface area contributed by atoms with Crippen molar-refractivity contribution in [2.45, 2.75) is 84.8 Å². The van der Waals surface area contributed by atoms with E-state index in [0.29, 0.717) is 17.6 Å². The van der Waals surface area contributed by atoms with Crippen LogP contribution in [-0.2, 0) is 4.74 Å². The van der Waals surface area contributed by atoms with E-state index in [9.17, 15) is 4.79 Å². The summed E-state index contributed by atoms with van der Waals surface area (Å²) in [6.45, 7) is 11.0. The summed E-state index contributed by atoms with van der Waals surface area (Å²) in [6, 6.07) is 12.2. The van der Waals surface area contributed by atoms with Crippen molar-refractivity contribution in [1.29, 1.82) is 0 Å². The first-order valence-corrected chi connectivity index (χ1v) is 13.3. The second-order valence-electron chi connectivity index (χ2n) is 10.6. The van der Waals surface area contributed by atoms with E-state index in [-0.39, 0.29) is 6.04 Å². The zero-order valence-corrected chi connectivity index (χ0v) is 22.6. The Hall–Kier alpha value is -3.42. The fourth-order valence-corrected chi connectivity index (χ4v) is 4.55. The van der Waals surface area contributed by atoms with Crippen LogP contribution in [0.15, 0.2) is 45.9 Å². The van der Waals surface area contributed by atoms with E-state index in [2.05, 4.69) is 41.3 Å².